The number of hydrogen-bond donors (Lipinski definition) is 1. The molecule has 0 bridgehead atoms. The lowest BCUT2D eigenvalue weighted by Crippen LogP contribution is -2.53. The third-order valence-corrected chi connectivity index (χ3v) is 2.85. The number of methoxy groups -OCH3 is 2. The predicted molar refractivity (Wildman–Crippen MR) is 59.2 cm³/mol. The van der Waals surface area contributed by atoms with Crippen molar-refractivity contribution >= 4 is 0 Å². The van der Waals surface area contributed by atoms with Crippen LogP contribution in [0.2, 0.25) is 0 Å². The van der Waals surface area contributed by atoms with Crippen LogP contribution in [-0.2, 0) is 15.1 Å². The van der Waals surface area contributed by atoms with Gasteiger partial charge in [-0.15, -0.1) is 0 Å². The summed E-state index contributed by atoms with van der Waals surface area (Å²) in [6.45, 7) is 0. The van der Waals surface area contributed by atoms with E-state index in [9.17, 15) is 31.4 Å². The Morgan fingerprint density at radius 2 is 1.24 bits per heavy atom. The van der Waals surface area contributed by atoms with E-state index in [0.29, 0.717) is 12.1 Å². The second-order valence-electron chi connectivity index (χ2n) is 4.13. The second kappa shape index (κ2) is 5.82. The molecule has 1 N–H and O–H groups in total. The summed E-state index contributed by atoms with van der Waals surface area (Å²) >= 11 is 0. The Kier molecular flexibility index (Phi) is 4.91. The van der Waals surface area contributed by atoms with Crippen molar-refractivity contribution in [2.45, 2.75) is 24.2 Å². The molecule has 1 rings (SSSR count). The summed E-state index contributed by atoms with van der Waals surface area (Å²) < 4.78 is 85.6. The van der Waals surface area contributed by atoms with Gasteiger partial charge in [0.25, 0.3) is 5.60 Å². The van der Waals surface area contributed by atoms with Crippen LogP contribution >= 0.6 is 0 Å². The van der Waals surface area contributed by atoms with Crippen LogP contribution in [0.15, 0.2) is 24.3 Å². The number of ether oxygens (including phenoxy) is 2. The van der Waals surface area contributed by atoms with E-state index in [2.05, 4.69) is 0 Å². The quantitative estimate of drug-likeness (QED) is 0.684. The fraction of sp³-hybridized carbons (Fsp3) is 0.500. The maximum Gasteiger partial charge on any atom is 0.430 e. The molecule has 0 aliphatic rings. The maximum atomic E-state index is 12.7. The number of aliphatic hydroxyl groups is 1. The van der Waals surface area contributed by atoms with Crippen molar-refractivity contribution in [2.75, 3.05) is 14.2 Å². The molecule has 3 nitrogen and oxygen atoms in total. The lowest BCUT2D eigenvalue weighted by molar-refractivity contribution is -0.376. The fourth-order valence-corrected chi connectivity index (χ4v) is 1.74. The van der Waals surface area contributed by atoms with Crippen LogP contribution in [0, 0.1) is 0 Å². The molecule has 1 aromatic carbocycles. The predicted octanol–water partition coefficient (Wildman–Crippen LogP) is 3.29. The lowest BCUT2D eigenvalue weighted by atomic mass is 9.91. The molecule has 0 unspecified atom stereocenters. The van der Waals surface area contributed by atoms with Gasteiger partial charge in [0.15, 0.2) is 6.29 Å². The lowest BCUT2D eigenvalue weighted by Gasteiger charge is -2.32. The van der Waals surface area contributed by atoms with Gasteiger partial charge < -0.3 is 14.6 Å². The van der Waals surface area contributed by atoms with Crippen molar-refractivity contribution in [1.29, 1.82) is 0 Å². The molecule has 0 atom stereocenters. The molecule has 120 valence electrons. The highest BCUT2D eigenvalue weighted by Gasteiger charge is 2.71. The van der Waals surface area contributed by atoms with Crippen LogP contribution in [0.5, 0.6) is 0 Å². The molecule has 0 aliphatic heterocycles. The first kappa shape index (κ1) is 17.7. The normalized spacial score (nSPS) is 13.8. The van der Waals surface area contributed by atoms with E-state index in [4.69, 9.17) is 9.47 Å². The average Bonchev–Trinajstić information content (AvgIpc) is 2.37. The zero-order chi connectivity index (χ0) is 16.5. The number of halogens is 6. The van der Waals surface area contributed by atoms with Gasteiger partial charge in [-0.05, 0) is 0 Å². The highest BCUT2D eigenvalue weighted by Crippen LogP contribution is 2.50. The Morgan fingerprint density at radius 1 is 0.857 bits per heavy atom. The van der Waals surface area contributed by atoms with E-state index >= 15 is 0 Å². The molecule has 0 aromatic heterocycles. The summed E-state index contributed by atoms with van der Waals surface area (Å²) in [7, 11) is 2.51. The number of rotatable bonds is 4. The van der Waals surface area contributed by atoms with E-state index in [0.717, 1.165) is 12.1 Å². The SMILES string of the molecule is COC(OC)c1ccc(C(O)(C(F)(F)F)C(F)(F)F)cc1. The molecule has 21 heavy (non-hydrogen) atoms. The first-order valence-corrected chi connectivity index (χ1v) is 5.51. The van der Waals surface area contributed by atoms with Crippen molar-refractivity contribution < 1.29 is 40.9 Å². The zero-order valence-electron chi connectivity index (χ0n) is 10.9. The van der Waals surface area contributed by atoms with E-state index in [1.165, 1.54) is 14.2 Å². The molecule has 0 aliphatic carbocycles. The standard InChI is InChI=1S/C12H12F6O3/c1-20-9(21-2)7-3-5-8(6-4-7)10(19,11(13,14)15)12(16,17)18/h3-6,9,19H,1-2H3. The van der Waals surface area contributed by atoms with E-state index in [1.54, 1.807) is 0 Å². The second-order valence-corrected chi connectivity index (χ2v) is 4.13. The van der Waals surface area contributed by atoms with Gasteiger partial charge in [-0.1, -0.05) is 24.3 Å². The first-order valence-electron chi connectivity index (χ1n) is 5.51. The van der Waals surface area contributed by atoms with Crippen LogP contribution in [0.4, 0.5) is 26.3 Å². The summed E-state index contributed by atoms with van der Waals surface area (Å²) in [4.78, 5) is 0. The molecule has 0 spiro atoms. The molecule has 0 saturated carbocycles. The summed E-state index contributed by atoms with van der Waals surface area (Å²) in [5, 5.41) is 9.19. The van der Waals surface area contributed by atoms with E-state index in [1.807, 2.05) is 0 Å². The Labute approximate surface area is 116 Å². The molecule has 0 saturated heterocycles. The minimum atomic E-state index is -5.91. The first-order chi connectivity index (χ1) is 9.49. The molecular weight excluding hydrogens is 306 g/mol. The van der Waals surface area contributed by atoms with Crippen molar-refractivity contribution in [3.63, 3.8) is 0 Å². The number of alkyl halides is 6. The maximum absolute atomic E-state index is 12.7. The monoisotopic (exact) mass is 318 g/mol. The Balaban J connectivity index is 3.30. The number of hydrogen-bond acceptors (Lipinski definition) is 3. The molecule has 9 heteroatoms. The topological polar surface area (TPSA) is 38.7 Å². The van der Waals surface area contributed by atoms with Gasteiger partial charge in [0, 0.05) is 25.3 Å². The van der Waals surface area contributed by atoms with Gasteiger partial charge in [-0.25, -0.2) is 0 Å². The third-order valence-electron chi connectivity index (χ3n) is 2.85. The van der Waals surface area contributed by atoms with Gasteiger partial charge >= 0.3 is 12.4 Å². The van der Waals surface area contributed by atoms with Gasteiger partial charge in [-0.3, -0.25) is 0 Å². The van der Waals surface area contributed by atoms with Crippen LogP contribution in [-0.4, -0.2) is 31.7 Å². The summed E-state index contributed by atoms with van der Waals surface area (Å²) in [6.07, 6.45) is -12.8. The van der Waals surface area contributed by atoms with Crippen molar-refractivity contribution in [3.8, 4) is 0 Å². The minimum Gasteiger partial charge on any atom is -0.369 e. The van der Waals surface area contributed by atoms with Crippen LogP contribution in [0.25, 0.3) is 0 Å². The average molecular weight is 318 g/mol. The molecule has 0 amide bonds. The summed E-state index contributed by atoms with van der Waals surface area (Å²) in [5.74, 6) is 0. The van der Waals surface area contributed by atoms with E-state index < -0.39 is 29.8 Å². The van der Waals surface area contributed by atoms with Gasteiger partial charge in [0.05, 0.1) is 0 Å². The summed E-state index contributed by atoms with van der Waals surface area (Å²) in [6, 6.07) is 2.97. The smallest absolute Gasteiger partial charge is 0.369 e. The molecule has 0 fully saturated rings. The van der Waals surface area contributed by atoms with Gasteiger partial charge in [0.1, 0.15) is 0 Å². The van der Waals surface area contributed by atoms with Crippen molar-refractivity contribution in [2.24, 2.45) is 0 Å². The largest absolute Gasteiger partial charge is 0.430 e. The van der Waals surface area contributed by atoms with Gasteiger partial charge in [-0.2, -0.15) is 26.3 Å². The minimum absolute atomic E-state index is 0.204. The number of benzene rings is 1. The van der Waals surface area contributed by atoms with E-state index in [-0.39, 0.29) is 5.56 Å². The van der Waals surface area contributed by atoms with Crippen LogP contribution in [0.1, 0.15) is 17.4 Å². The van der Waals surface area contributed by atoms with Crippen molar-refractivity contribution in [1.82, 2.24) is 0 Å². The van der Waals surface area contributed by atoms with Crippen LogP contribution < -0.4 is 0 Å². The molecule has 0 radical (unpaired) electrons. The zero-order valence-corrected chi connectivity index (χ0v) is 10.9. The highest BCUT2D eigenvalue weighted by molar-refractivity contribution is 5.30. The summed E-state index contributed by atoms with van der Waals surface area (Å²) in [5.41, 5.74) is -6.07. The Bertz CT molecular complexity index is 447. The van der Waals surface area contributed by atoms with Crippen LogP contribution in [0.3, 0.4) is 0 Å². The molecular formula is C12H12F6O3. The Hall–Kier alpha value is -1.32. The Morgan fingerprint density at radius 3 is 1.52 bits per heavy atom. The molecule has 1 aromatic rings. The highest BCUT2D eigenvalue weighted by atomic mass is 19.4. The van der Waals surface area contributed by atoms with Gasteiger partial charge in [0.2, 0.25) is 0 Å². The molecule has 0 heterocycles. The fourth-order valence-electron chi connectivity index (χ4n) is 1.74. The third kappa shape index (κ3) is 3.14. The van der Waals surface area contributed by atoms with Crippen molar-refractivity contribution in [3.05, 3.63) is 35.4 Å².